The van der Waals surface area contributed by atoms with E-state index in [-0.39, 0.29) is 5.91 Å². The van der Waals surface area contributed by atoms with Crippen LogP contribution in [-0.2, 0) is 9.59 Å². The van der Waals surface area contributed by atoms with E-state index in [1.165, 1.54) is 12.8 Å². The molecule has 1 aliphatic heterocycles. The Morgan fingerprint density at radius 2 is 2.00 bits per heavy atom. The number of hydrogen-bond donors (Lipinski definition) is 2. The molecular formula is C12H22N2O3. The lowest BCUT2D eigenvalue weighted by molar-refractivity contribution is -0.142. The second-order valence-corrected chi connectivity index (χ2v) is 4.55. The van der Waals surface area contributed by atoms with E-state index >= 15 is 0 Å². The van der Waals surface area contributed by atoms with Crippen molar-refractivity contribution in [3.8, 4) is 0 Å². The monoisotopic (exact) mass is 242 g/mol. The number of rotatable bonds is 7. The second kappa shape index (κ2) is 7.27. The van der Waals surface area contributed by atoms with Crippen molar-refractivity contribution < 1.29 is 14.7 Å². The molecule has 17 heavy (non-hydrogen) atoms. The van der Waals surface area contributed by atoms with Gasteiger partial charge in [-0.15, -0.1) is 0 Å². The molecule has 1 amide bonds. The lowest BCUT2D eigenvalue weighted by Gasteiger charge is -2.16. The average Bonchev–Trinajstić information content (AvgIpc) is 2.78. The SMILES string of the molecule is CCC[C@@H](NC(=O)CCN1CCCC1)C(=O)O. The third-order valence-corrected chi connectivity index (χ3v) is 3.06. The maximum Gasteiger partial charge on any atom is 0.326 e. The van der Waals surface area contributed by atoms with Gasteiger partial charge in [-0.3, -0.25) is 4.79 Å². The Labute approximate surface area is 102 Å². The van der Waals surface area contributed by atoms with Crippen molar-refractivity contribution in [2.45, 2.75) is 45.1 Å². The van der Waals surface area contributed by atoms with Gasteiger partial charge in [0.2, 0.25) is 5.91 Å². The van der Waals surface area contributed by atoms with Gasteiger partial charge in [-0.2, -0.15) is 0 Å². The topological polar surface area (TPSA) is 69.6 Å². The van der Waals surface area contributed by atoms with Gasteiger partial charge in [0, 0.05) is 13.0 Å². The maximum atomic E-state index is 11.6. The lowest BCUT2D eigenvalue weighted by atomic mass is 10.1. The Morgan fingerprint density at radius 3 is 2.53 bits per heavy atom. The van der Waals surface area contributed by atoms with E-state index in [0.717, 1.165) is 26.1 Å². The molecule has 0 aromatic carbocycles. The Hall–Kier alpha value is -1.10. The normalized spacial score (nSPS) is 17.9. The van der Waals surface area contributed by atoms with Crippen LogP contribution >= 0.6 is 0 Å². The van der Waals surface area contributed by atoms with Gasteiger partial charge in [0.25, 0.3) is 0 Å². The molecule has 0 aromatic heterocycles. The van der Waals surface area contributed by atoms with E-state index in [0.29, 0.717) is 12.8 Å². The van der Waals surface area contributed by atoms with Crippen LogP contribution in [0.4, 0.5) is 0 Å². The number of carboxylic acids is 1. The summed E-state index contributed by atoms with van der Waals surface area (Å²) < 4.78 is 0. The van der Waals surface area contributed by atoms with E-state index in [2.05, 4.69) is 10.2 Å². The molecule has 1 fully saturated rings. The molecule has 1 aliphatic rings. The number of aliphatic carboxylic acids is 1. The molecule has 0 bridgehead atoms. The number of amides is 1. The van der Waals surface area contributed by atoms with Crippen LogP contribution in [0.2, 0.25) is 0 Å². The summed E-state index contributed by atoms with van der Waals surface area (Å²) in [5, 5.41) is 11.5. The van der Waals surface area contributed by atoms with Gasteiger partial charge in [0.1, 0.15) is 6.04 Å². The van der Waals surface area contributed by atoms with Crippen molar-refractivity contribution >= 4 is 11.9 Å². The smallest absolute Gasteiger partial charge is 0.326 e. The molecule has 0 aromatic rings. The molecule has 1 saturated heterocycles. The van der Waals surface area contributed by atoms with Crippen LogP contribution in [0.1, 0.15) is 39.0 Å². The predicted octanol–water partition coefficient (Wildman–Crippen LogP) is 0.842. The summed E-state index contributed by atoms with van der Waals surface area (Å²) in [6.07, 6.45) is 4.05. The number of carboxylic acid groups (broad SMARTS) is 1. The summed E-state index contributed by atoms with van der Waals surface area (Å²) in [6.45, 7) is 4.77. The lowest BCUT2D eigenvalue weighted by Crippen LogP contribution is -2.41. The molecule has 0 spiro atoms. The van der Waals surface area contributed by atoms with Crippen molar-refractivity contribution in [2.75, 3.05) is 19.6 Å². The first kappa shape index (κ1) is 14.0. The van der Waals surface area contributed by atoms with E-state index in [1.54, 1.807) is 0 Å². The van der Waals surface area contributed by atoms with Gasteiger partial charge in [-0.1, -0.05) is 13.3 Å². The third kappa shape index (κ3) is 5.17. The highest BCUT2D eigenvalue weighted by Crippen LogP contribution is 2.07. The summed E-state index contributed by atoms with van der Waals surface area (Å²) in [5.74, 6) is -1.10. The van der Waals surface area contributed by atoms with E-state index in [1.807, 2.05) is 6.92 Å². The van der Waals surface area contributed by atoms with E-state index < -0.39 is 12.0 Å². The van der Waals surface area contributed by atoms with Crippen molar-refractivity contribution in [3.05, 3.63) is 0 Å². The largest absolute Gasteiger partial charge is 0.480 e. The Balaban J connectivity index is 2.23. The van der Waals surface area contributed by atoms with Gasteiger partial charge in [-0.25, -0.2) is 4.79 Å². The molecule has 0 radical (unpaired) electrons. The zero-order valence-corrected chi connectivity index (χ0v) is 10.4. The molecule has 0 saturated carbocycles. The van der Waals surface area contributed by atoms with Gasteiger partial charge < -0.3 is 15.3 Å². The zero-order chi connectivity index (χ0) is 12.7. The quantitative estimate of drug-likeness (QED) is 0.694. The molecule has 0 unspecified atom stereocenters. The fourth-order valence-corrected chi connectivity index (χ4v) is 2.08. The van der Waals surface area contributed by atoms with Crippen LogP contribution in [-0.4, -0.2) is 47.6 Å². The summed E-state index contributed by atoms with van der Waals surface area (Å²) in [7, 11) is 0. The van der Waals surface area contributed by atoms with Crippen LogP contribution in [0.3, 0.4) is 0 Å². The molecule has 98 valence electrons. The van der Waals surface area contributed by atoms with Crippen molar-refractivity contribution in [3.63, 3.8) is 0 Å². The number of nitrogens with zero attached hydrogens (tertiary/aromatic N) is 1. The van der Waals surface area contributed by atoms with Gasteiger partial charge in [0.05, 0.1) is 0 Å². The molecule has 0 aliphatic carbocycles. The van der Waals surface area contributed by atoms with Crippen LogP contribution in [0.15, 0.2) is 0 Å². The number of hydrogen-bond acceptors (Lipinski definition) is 3. The summed E-state index contributed by atoms with van der Waals surface area (Å²) in [6, 6.07) is -0.730. The zero-order valence-electron chi connectivity index (χ0n) is 10.4. The van der Waals surface area contributed by atoms with E-state index in [9.17, 15) is 9.59 Å². The first-order chi connectivity index (χ1) is 8.13. The van der Waals surface area contributed by atoms with Crippen LogP contribution in [0, 0.1) is 0 Å². The molecule has 1 heterocycles. The van der Waals surface area contributed by atoms with Crippen LogP contribution < -0.4 is 5.32 Å². The number of carbonyl (C=O) groups is 2. The highest BCUT2D eigenvalue weighted by atomic mass is 16.4. The summed E-state index contributed by atoms with van der Waals surface area (Å²) >= 11 is 0. The molecular weight excluding hydrogens is 220 g/mol. The number of carbonyl (C=O) groups excluding carboxylic acids is 1. The number of nitrogens with one attached hydrogen (secondary N) is 1. The Kier molecular flexibility index (Phi) is 5.97. The first-order valence-corrected chi connectivity index (χ1v) is 6.38. The minimum atomic E-state index is -0.943. The van der Waals surface area contributed by atoms with Crippen molar-refractivity contribution in [1.29, 1.82) is 0 Å². The van der Waals surface area contributed by atoms with Crippen molar-refractivity contribution in [1.82, 2.24) is 10.2 Å². The average molecular weight is 242 g/mol. The fourth-order valence-electron chi connectivity index (χ4n) is 2.08. The molecule has 5 nitrogen and oxygen atoms in total. The third-order valence-electron chi connectivity index (χ3n) is 3.06. The summed E-state index contributed by atoms with van der Waals surface area (Å²) in [5.41, 5.74) is 0. The van der Waals surface area contributed by atoms with Gasteiger partial charge in [0.15, 0.2) is 0 Å². The van der Waals surface area contributed by atoms with Crippen molar-refractivity contribution in [2.24, 2.45) is 0 Å². The summed E-state index contributed by atoms with van der Waals surface area (Å²) in [4.78, 5) is 24.7. The highest BCUT2D eigenvalue weighted by Gasteiger charge is 2.19. The highest BCUT2D eigenvalue weighted by molar-refractivity contribution is 5.83. The number of likely N-dealkylation sites (tertiary alicyclic amines) is 1. The van der Waals surface area contributed by atoms with Gasteiger partial charge in [-0.05, 0) is 32.4 Å². The molecule has 1 atom stereocenters. The maximum absolute atomic E-state index is 11.6. The van der Waals surface area contributed by atoms with Crippen LogP contribution in [0.25, 0.3) is 0 Å². The van der Waals surface area contributed by atoms with Gasteiger partial charge >= 0.3 is 5.97 Å². The Bertz CT molecular complexity index is 262. The Morgan fingerprint density at radius 1 is 1.35 bits per heavy atom. The van der Waals surface area contributed by atoms with Crippen LogP contribution in [0.5, 0.6) is 0 Å². The molecule has 2 N–H and O–H groups in total. The standard InChI is InChI=1S/C12H22N2O3/c1-2-5-10(12(16)17)13-11(15)6-9-14-7-3-4-8-14/h10H,2-9H2,1H3,(H,13,15)(H,16,17)/t10-/m1/s1. The first-order valence-electron chi connectivity index (χ1n) is 6.38. The second-order valence-electron chi connectivity index (χ2n) is 4.55. The molecule has 1 rings (SSSR count). The minimum Gasteiger partial charge on any atom is -0.480 e. The molecule has 5 heteroatoms. The predicted molar refractivity (Wildman–Crippen MR) is 64.8 cm³/mol. The minimum absolute atomic E-state index is 0.155. The fraction of sp³-hybridized carbons (Fsp3) is 0.833. The van der Waals surface area contributed by atoms with E-state index in [4.69, 9.17) is 5.11 Å².